The fourth-order valence-electron chi connectivity index (χ4n) is 6.05. The number of hydrogen-bond donors (Lipinski definition) is 0. The minimum absolute atomic E-state index is 0.234. The number of carbonyl (C=O) groups is 1. The van der Waals surface area contributed by atoms with Crippen molar-refractivity contribution in [2.45, 2.75) is 70.3 Å². The maximum atomic E-state index is 13.2. The summed E-state index contributed by atoms with van der Waals surface area (Å²) in [7, 11) is 0. The molecule has 1 amide bonds. The van der Waals surface area contributed by atoms with E-state index in [-0.39, 0.29) is 6.04 Å². The molecule has 0 radical (unpaired) electrons. The Morgan fingerprint density at radius 3 is 2.64 bits per heavy atom. The largest absolute Gasteiger partial charge is 0.352 e. The standard InChI is InChI=1S/C30H35N5O/c1-3-20-13-24(17-32-16-20)28-19(2)25(15-31)30(33-29(28)23-9-10-23)34-11-12-35(26(18-34)22-7-8-22)27(36)14-21-5-4-6-21/h3,13,16-17,21-23,26H,1,4-12,14,18H2,2H3/t26-/m0/s1. The molecular formula is C30H35N5O. The van der Waals surface area contributed by atoms with Crippen molar-refractivity contribution >= 4 is 17.8 Å². The molecule has 1 saturated heterocycles. The first-order chi connectivity index (χ1) is 17.6. The molecule has 1 atom stereocenters. The quantitative estimate of drug-likeness (QED) is 0.525. The second-order valence-electron chi connectivity index (χ2n) is 11.2. The molecule has 3 heterocycles. The molecule has 4 fully saturated rings. The van der Waals surface area contributed by atoms with Crippen molar-refractivity contribution in [3.05, 3.63) is 47.4 Å². The third-order valence-corrected chi connectivity index (χ3v) is 8.71. The summed E-state index contributed by atoms with van der Waals surface area (Å²) in [6, 6.07) is 4.82. The van der Waals surface area contributed by atoms with Crippen molar-refractivity contribution < 1.29 is 4.79 Å². The highest BCUT2D eigenvalue weighted by molar-refractivity contribution is 5.79. The molecule has 186 valence electrons. The van der Waals surface area contributed by atoms with Gasteiger partial charge in [-0.25, -0.2) is 4.98 Å². The highest BCUT2D eigenvalue weighted by Gasteiger charge is 2.42. The lowest BCUT2D eigenvalue weighted by molar-refractivity contribution is -0.136. The zero-order valence-electron chi connectivity index (χ0n) is 21.2. The van der Waals surface area contributed by atoms with Crippen molar-refractivity contribution in [3.63, 3.8) is 0 Å². The van der Waals surface area contributed by atoms with Gasteiger partial charge in [-0.05, 0) is 74.5 Å². The maximum absolute atomic E-state index is 13.2. The van der Waals surface area contributed by atoms with Crippen LogP contribution in [0.2, 0.25) is 0 Å². The lowest BCUT2D eigenvalue weighted by Crippen LogP contribution is -2.57. The van der Waals surface area contributed by atoms with E-state index in [1.807, 2.05) is 6.20 Å². The number of piperazine rings is 1. The monoisotopic (exact) mass is 481 g/mol. The van der Waals surface area contributed by atoms with Crippen LogP contribution in [0.1, 0.15) is 79.7 Å². The molecule has 0 spiro atoms. The van der Waals surface area contributed by atoms with Crippen LogP contribution in [-0.2, 0) is 4.79 Å². The van der Waals surface area contributed by atoms with Gasteiger partial charge < -0.3 is 9.80 Å². The highest BCUT2D eigenvalue weighted by Crippen LogP contribution is 2.47. The molecule has 2 aromatic heterocycles. The molecule has 0 aromatic carbocycles. The van der Waals surface area contributed by atoms with Gasteiger partial charge in [-0.3, -0.25) is 9.78 Å². The van der Waals surface area contributed by atoms with Crippen LogP contribution >= 0.6 is 0 Å². The van der Waals surface area contributed by atoms with Crippen LogP contribution in [-0.4, -0.2) is 46.5 Å². The summed E-state index contributed by atoms with van der Waals surface area (Å²) >= 11 is 0. The second kappa shape index (κ2) is 9.35. The van der Waals surface area contributed by atoms with E-state index in [1.165, 1.54) is 32.1 Å². The fourth-order valence-corrected chi connectivity index (χ4v) is 6.05. The molecule has 3 aliphatic carbocycles. The van der Waals surface area contributed by atoms with Gasteiger partial charge in [-0.15, -0.1) is 0 Å². The Balaban J connectivity index is 1.34. The predicted molar refractivity (Wildman–Crippen MR) is 141 cm³/mol. The van der Waals surface area contributed by atoms with Crippen molar-refractivity contribution in [2.75, 3.05) is 24.5 Å². The van der Waals surface area contributed by atoms with E-state index in [2.05, 4.69) is 40.4 Å². The summed E-state index contributed by atoms with van der Waals surface area (Å²) in [4.78, 5) is 27.3. The van der Waals surface area contributed by atoms with Gasteiger partial charge in [0.15, 0.2) is 0 Å². The Hall–Kier alpha value is -3.20. The van der Waals surface area contributed by atoms with E-state index in [1.54, 1.807) is 12.3 Å². The van der Waals surface area contributed by atoms with Crippen molar-refractivity contribution in [1.29, 1.82) is 5.26 Å². The average Bonchev–Trinajstić information content (AvgIpc) is 3.78. The first-order valence-electron chi connectivity index (χ1n) is 13.6. The molecule has 1 aliphatic heterocycles. The smallest absolute Gasteiger partial charge is 0.223 e. The Labute approximate surface area is 214 Å². The fraction of sp³-hybridized carbons (Fsp3) is 0.533. The van der Waals surface area contributed by atoms with Crippen molar-refractivity contribution in [2.24, 2.45) is 11.8 Å². The molecule has 6 heteroatoms. The lowest BCUT2D eigenvalue weighted by Gasteiger charge is -2.43. The van der Waals surface area contributed by atoms with Crippen LogP contribution in [0.4, 0.5) is 5.82 Å². The molecule has 6 nitrogen and oxygen atoms in total. The van der Waals surface area contributed by atoms with E-state index < -0.39 is 0 Å². The third-order valence-electron chi connectivity index (χ3n) is 8.71. The molecule has 3 saturated carbocycles. The third kappa shape index (κ3) is 4.30. The Morgan fingerprint density at radius 2 is 2.00 bits per heavy atom. The summed E-state index contributed by atoms with van der Waals surface area (Å²) in [6.07, 6.45) is 14.5. The molecule has 0 N–H and O–H groups in total. The number of pyridine rings is 2. The molecule has 6 rings (SSSR count). The van der Waals surface area contributed by atoms with E-state index in [9.17, 15) is 10.1 Å². The number of rotatable bonds is 7. The minimum Gasteiger partial charge on any atom is -0.352 e. The number of nitrogens with zero attached hydrogens (tertiary/aromatic N) is 5. The van der Waals surface area contributed by atoms with Gasteiger partial charge in [0, 0.05) is 55.5 Å². The van der Waals surface area contributed by atoms with Crippen LogP contribution in [0.3, 0.4) is 0 Å². The van der Waals surface area contributed by atoms with Gasteiger partial charge in [0.25, 0.3) is 0 Å². The summed E-state index contributed by atoms with van der Waals surface area (Å²) in [5.74, 6) is 2.75. The molecular weight excluding hydrogens is 446 g/mol. The normalized spacial score (nSPS) is 22.2. The number of amides is 1. The second-order valence-corrected chi connectivity index (χ2v) is 11.2. The summed E-state index contributed by atoms with van der Waals surface area (Å²) in [5, 5.41) is 10.3. The van der Waals surface area contributed by atoms with Crippen LogP contribution in [0, 0.1) is 30.1 Å². The van der Waals surface area contributed by atoms with Gasteiger partial charge in [0.1, 0.15) is 11.9 Å². The SMILES string of the molecule is C=Cc1cncc(-c2c(C3CC3)nc(N3CCN(C(=O)CC4CCC4)[C@H](C4CC4)C3)c(C#N)c2C)c1. The number of anilines is 1. The van der Waals surface area contributed by atoms with Gasteiger partial charge in [-0.2, -0.15) is 5.26 Å². The van der Waals surface area contributed by atoms with Crippen LogP contribution in [0.15, 0.2) is 25.0 Å². The topological polar surface area (TPSA) is 73.1 Å². The molecule has 36 heavy (non-hydrogen) atoms. The van der Waals surface area contributed by atoms with Gasteiger partial charge in [-0.1, -0.05) is 19.1 Å². The Kier molecular flexibility index (Phi) is 6.03. The summed E-state index contributed by atoms with van der Waals surface area (Å²) in [5.41, 5.74) is 5.76. The Morgan fingerprint density at radius 1 is 1.19 bits per heavy atom. The number of aromatic nitrogens is 2. The van der Waals surface area contributed by atoms with E-state index in [0.717, 1.165) is 66.2 Å². The first kappa shape index (κ1) is 23.2. The zero-order valence-corrected chi connectivity index (χ0v) is 21.2. The number of nitriles is 1. The Bertz CT molecular complexity index is 1230. The van der Waals surface area contributed by atoms with Gasteiger partial charge >= 0.3 is 0 Å². The molecule has 2 aromatic rings. The van der Waals surface area contributed by atoms with Crippen molar-refractivity contribution in [3.8, 4) is 17.2 Å². The molecule has 0 unspecified atom stereocenters. The van der Waals surface area contributed by atoms with Crippen LogP contribution in [0.25, 0.3) is 17.2 Å². The average molecular weight is 482 g/mol. The maximum Gasteiger partial charge on any atom is 0.223 e. The van der Waals surface area contributed by atoms with Crippen LogP contribution < -0.4 is 4.90 Å². The summed E-state index contributed by atoms with van der Waals surface area (Å²) in [6.45, 7) is 8.19. The van der Waals surface area contributed by atoms with Crippen molar-refractivity contribution in [1.82, 2.24) is 14.9 Å². The summed E-state index contributed by atoms with van der Waals surface area (Å²) < 4.78 is 0. The van der Waals surface area contributed by atoms with Gasteiger partial charge in [0.2, 0.25) is 5.91 Å². The minimum atomic E-state index is 0.234. The van der Waals surface area contributed by atoms with E-state index in [0.29, 0.717) is 35.6 Å². The first-order valence-corrected chi connectivity index (χ1v) is 13.6. The number of carbonyl (C=O) groups excluding carboxylic acids is 1. The van der Waals surface area contributed by atoms with Gasteiger partial charge in [0.05, 0.1) is 17.3 Å². The lowest BCUT2D eigenvalue weighted by atomic mass is 9.82. The highest BCUT2D eigenvalue weighted by atomic mass is 16.2. The van der Waals surface area contributed by atoms with E-state index in [4.69, 9.17) is 4.98 Å². The number of hydrogen-bond acceptors (Lipinski definition) is 5. The molecule has 0 bridgehead atoms. The van der Waals surface area contributed by atoms with E-state index >= 15 is 0 Å². The molecule has 4 aliphatic rings. The van der Waals surface area contributed by atoms with Crippen LogP contribution in [0.5, 0.6) is 0 Å². The zero-order chi connectivity index (χ0) is 24.8. The predicted octanol–water partition coefficient (Wildman–Crippen LogP) is 5.46.